The number of fused-ring (bicyclic) bond motifs is 2. The van der Waals surface area contributed by atoms with Crippen LogP contribution < -0.4 is 10.1 Å². The molecular weight excluding hydrogens is 366 g/mol. The number of nitrogens with one attached hydrogen (secondary N) is 1. The molecule has 0 saturated carbocycles. The van der Waals surface area contributed by atoms with Crippen LogP contribution >= 0.6 is 0 Å². The molecule has 158 valence electrons. The van der Waals surface area contributed by atoms with E-state index in [1.54, 1.807) is 0 Å². The maximum absolute atomic E-state index is 12.7. The third-order valence-corrected chi connectivity index (χ3v) is 7.21. The minimum absolute atomic E-state index is 0.0224. The Labute approximate surface area is 173 Å². The van der Waals surface area contributed by atoms with Crippen LogP contribution in [0.25, 0.3) is 0 Å². The number of likely N-dealkylation sites (tertiary alicyclic amines) is 2. The summed E-state index contributed by atoms with van der Waals surface area (Å²) in [5.74, 6) is 1.43. The molecule has 1 N–H and O–H groups in total. The molecule has 3 atom stereocenters. The Kier molecular flexibility index (Phi) is 5.81. The van der Waals surface area contributed by atoms with Crippen LogP contribution in [0.15, 0.2) is 30.3 Å². The van der Waals surface area contributed by atoms with Gasteiger partial charge in [-0.3, -0.25) is 14.5 Å². The summed E-state index contributed by atoms with van der Waals surface area (Å²) in [7, 11) is 0. The molecule has 3 aliphatic rings. The topological polar surface area (TPSA) is 61.9 Å². The van der Waals surface area contributed by atoms with Crippen molar-refractivity contribution in [3.8, 4) is 5.75 Å². The van der Waals surface area contributed by atoms with Crippen LogP contribution in [0.2, 0.25) is 0 Å². The van der Waals surface area contributed by atoms with Gasteiger partial charge in [0.05, 0.1) is 5.92 Å². The molecule has 2 amide bonds. The van der Waals surface area contributed by atoms with Crippen molar-refractivity contribution in [1.82, 2.24) is 15.1 Å². The van der Waals surface area contributed by atoms with Crippen LogP contribution in [0, 0.1) is 11.8 Å². The van der Waals surface area contributed by atoms with Crippen molar-refractivity contribution in [3.63, 3.8) is 0 Å². The van der Waals surface area contributed by atoms with Crippen molar-refractivity contribution in [3.05, 3.63) is 30.3 Å². The Morgan fingerprint density at radius 3 is 2.66 bits per heavy atom. The van der Waals surface area contributed by atoms with E-state index in [4.69, 9.17) is 4.74 Å². The minimum Gasteiger partial charge on any atom is -0.484 e. The van der Waals surface area contributed by atoms with E-state index in [1.165, 1.54) is 12.8 Å². The van der Waals surface area contributed by atoms with Gasteiger partial charge < -0.3 is 15.0 Å². The Hall–Kier alpha value is -2.08. The zero-order chi connectivity index (χ0) is 20.4. The molecule has 0 radical (unpaired) electrons. The smallest absolute Gasteiger partial charge is 0.260 e. The monoisotopic (exact) mass is 399 g/mol. The van der Waals surface area contributed by atoms with E-state index in [2.05, 4.69) is 24.1 Å². The highest BCUT2D eigenvalue weighted by Gasteiger charge is 2.57. The molecule has 3 saturated heterocycles. The van der Waals surface area contributed by atoms with Gasteiger partial charge in [-0.1, -0.05) is 31.5 Å². The van der Waals surface area contributed by atoms with Gasteiger partial charge in [0.15, 0.2) is 6.61 Å². The summed E-state index contributed by atoms with van der Waals surface area (Å²) in [6.45, 7) is 7.81. The fourth-order valence-electron chi connectivity index (χ4n) is 5.45. The second-order valence-corrected chi connectivity index (χ2v) is 8.93. The van der Waals surface area contributed by atoms with Crippen molar-refractivity contribution in [1.29, 1.82) is 0 Å². The van der Waals surface area contributed by atoms with Crippen LogP contribution in [-0.4, -0.2) is 66.0 Å². The summed E-state index contributed by atoms with van der Waals surface area (Å²) in [5, 5.41) is 3.35. The molecule has 3 heterocycles. The Bertz CT molecular complexity index is 730. The van der Waals surface area contributed by atoms with Gasteiger partial charge in [0.25, 0.3) is 5.91 Å². The molecule has 1 aromatic rings. The van der Waals surface area contributed by atoms with Gasteiger partial charge in [0.1, 0.15) is 5.75 Å². The maximum atomic E-state index is 12.7. The van der Waals surface area contributed by atoms with Gasteiger partial charge in [0, 0.05) is 43.7 Å². The number of benzene rings is 1. The van der Waals surface area contributed by atoms with Crippen LogP contribution in [0.1, 0.15) is 39.5 Å². The van der Waals surface area contributed by atoms with Crippen molar-refractivity contribution in [2.24, 2.45) is 11.8 Å². The van der Waals surface area contributed by atoms with Gasteiger partial charge in [-0.05, 0) is 38.3 Å². The number of carbonyl (C=O) groups excluding carboxylic acids is 2. The van der Waals surface area contributed by atoms with Crippen molar-refractivity contribution >= 4 is 11.8 Å². The summed E-state index contributed by atoms with van der Waals surface area (Å²) >= 11 is 0. The summed E-state index contributed by atoms with van der Waals surface area (Å²) in [4.78, 5) is 29.7. The summed E-state index contributed by atoms with van der Waals surface area (Å²) in [6.07, 6.45) is 4.03. The zero-order valence-corrected chi connectivity index (χ0v) is 17.6. The SMILES string of the molecule is CCC[C@@H](C)N1C[C@H]2C(=O)NC3(CCN(C(=O)COc4ccccc4)CC3)[C@H]2C1. The number of hydrogen-bond acceptors (Lipinski definition) is 4. The Balaban J connectivity index is 1.33. The normalized spacial score (nSPS) is 27.0. The predicted octanol–water partition coefficient (Wildman–Crippen LogP) is 2.29. The Morgan fingerprint density at radius 2 is 1.97 bits per heavy atom. The molecular formula is C23H33N3O3. The highest BCUT2D eigenvalue weighted by Crippen LogP contribution is 2.44. The molecule has 6 heteroatoms. The summed E-state index contributed by atoms with van der Waals surface area (Å²) < 4.78 is 5.62. The van der Waals surface area contributed by atoms with E-state index in [-0.39, 0.29) is 29.9 Å². The number of rotatable bonds is 6. The van der Waals surface area contributed by atoms with Gasteiger partial charge in [0.2, 0.25) is 5.91 Å². The van der Waals surface area contributed by atoms with Crippen molar-refractivity contribution < 1.29 is 14.3 Å². The average Bonchev–Trinajstić information content (AvgIpc) is 3.29. The van der Waals surface area contributed by atoms with E-state index in [0.29, 0.717) is 30.8 Å². The molecule has 0 unspecified atom stereocenters. The van der Waals surface area contributed by atoms with Crippen LogP contribution in [0.5, 0.6) is 5.75 Å². The van der Waals surface area contributed by atoms with Gasteiger partial charge >= 0.3 is 0 Å². The average molecular weight is 400 g/mol. The number of ether oxygens (including phenoxy) is 1. The number of nitrogens with zero attached hydrogens (tertiary/aromatic N) is 2. The van der Waals surface area contributed by atoms with E-state index < -0.39 is 0 Å². The molecule has 3 fully saturated rings. The highest BCUT2D eigenvalue weighted by atomic mass is 16.5. The van der Waals surface area contributed by atoms with E-state index in [1.807, 2.05) is 35.2 Å². The lowest BCUT2D eigenvalue weighted by Gasteiger charge is -2.43. The lowest BCUT2D eigenvalue weighted by atomic mass is 9.75. The Morgan fingerprint density at radius 1 is 1.24 bits per heavy atom. The number of carbonyl (C=O) groups is 2. The first-order valence-corrected chi connectivity index (χ1v) is 11.0. The van der Waals surface area contributed by atoms with Gasteiger partial charge in [-0.2, -0.15) is 0 Å². The quantitative estimate of drug-likeness (QED) is 0.797. The van der Waals surface area contributed by atoms with Crippen LogP contribution in [-0.2, 0) is 9.59 Å². The van der Waals surface area contributed by atoms with Crippen LogP contribution in [0.4, 0.5) is 0 Å². The first-order chi connectivity index (χ1) is 14.0. The van der Waals surface area contributed by atoms with E-state index in [0.717, 1.165) is 25.9 Å². The minimum atomic E-state index is -0.139. The number of hydrogen-bond donors (Lipinski definition) is 1. The zero-order valence-electron chi connectivity index (χ0n) is 17.6. The fraction of sp³-hybridized carbons (Fsp3) is 0.652. The lowest BCUT2D eigenvalue weighted by Crippen LogP contribution is -2.56. The van der Waals surface area contributed by atoms with Crippen molar-refractivity contribution in [2.75, 3.05) is 32.8 Å². The molecule has 1 aromatic carbocycles. The number of amides is 2. The second kappa shape index (κ2) is 8.34. The fourth-order valence-corrected chi connectivity index (χ4v) is 5.45. The maximum Gasteiger partial charge on any atom is 0.260 e. The molecule has 29 heavy (non-hydrogen) atoms. The predicted molar refractivity (Wildman–Crippen MR) is 112 cm³/mol. The van der Waals surface area contributed by atoms with Crippen LogP contribution in [0.3, 0.4) is 0 Å². The summed E-state index contributed by atoms with van der Waals surface area (Å²) in [5.41, 5.74) is -0.139. The highest BCUT2D eigenvalue weighted by molar-refractivity contribution is 5.84. The van der Waals surface area contributed by atoms with Gasteiger partial charge in [-0.25, -0.2) is 0 Å². The third kappa shape index (κ3) is 4.00. The first kappa shape index (κ1) is 20.2. The molecule has 0 aliphatic carbocycles. The van der Waals surface area contributed by atoms with E-state index in [9.17, 15) is 9.59 Å². The largest absolute Gasteiger partial charge is 0.484 e. The van der Waals surface area contributed by atoms with Gasteiger partial charge in [-0.15, -0.1) is 0 Å². The van der Waals surface area contributed by atoms with Crippen molar-refractivity contribution in [2.45, 2.75) is 51.1 Å². The standard InChI is InChI=1S/C23H33N3O3/c1-3-7-17(2)26-14-19-20(15-26)23(24-22(19)28)10-12-25(13-11-23)21(27)16-29-18-8-5-4-6-9-18/h4-6,8-9,17,19-20H,3,7,10-16H2,1-2H3,(H,24,28)/t17-,19-,20+/m1/s1. The molecule has 1 spiro atoms. The molecule has 4 rings (SSSR count). The molecule has 3 aliphatic heterocycles. The number of piperidine rings is 1. The molecule has 6 nitrogen and oxygen atoms in total. The van der Waals surface area contributed by atoms with E-state index >= 15 is 0 Å². The third-order valence-electron chi connectivity index (χ3n) is 7.21. The second-order valence-electron chi connectivity index (χ2n) is 8.93. The molecule has 0 bridgehead atoms. The first-order valence-electron chi connectivity index (χ1n) is 11.0. The summed E-state index contributed by atoms with van der Waals surface area (Å²) in [6, 6.07) is 9.98. The molecule has 0 aromatic heterocycles. The number of para-hydroxylation sites is 1. The lowest BCUT2D eigenvalue weighted by molar-refractivity contribution is -0.135.